The summed E-state index contributed by atoms with van der Waals surface area (Å²) in [5.41, 5.74) is 23.3. The fourth-order valence-corrected chi connectivity index (χ4v) is 14.1. The van der Waals surface area contributed by atoms with E-state index >= 15 is 0 Å². The summed E-state index contributed by atoms with van der Waals surface area (Å²) in [6.45, 7) is 13.4. The number of hydrogen-bond donors (Lipinski definition) is 0. The number of nitrogens with zero attached hydrogens (tertiary/aromatic N) is 4. The van der Waals surface area contributed by atoms with Gasteiger partial charge < -0.3 is 32.9 Å². The summed E-state index contributed by atoms with van der Waals surface area (Å²) in [7, 11) is 0. The second kappa shape index (κ2) is 19.4. The van der Waals surface area contributed by atoms with Crippen LogP contribution in [0.15, 0.2) is 274 Å². The summed E-state index contributed by atoms with van der Waals surface area (Å²) in [5, 5.41) is 6.34. The molecule has 0 amide bonds. The van der Waals surface area contributed by atoms with Gasteiger partial charge in [0.25, 0.3) is 6.71 Å². The molecule has 8 heteroatoms. The van der Waals surface area contributed by atoms with Crippen LogP contribution in [-0.4, -0.2) is 6.71 Å². The molecule has 0 saturated heterocycles. The lowest BCUT2D eigenvalue weighted by Crippen LogP contribution is -2.61. The first-order valence-corrected chi connectivity index (χ1v) is 30.5. The molecule has 0 unspecified atom stereocenters. The first kappa shape index (κ1) is 51.7. The maximum Gasteiger partial charge on any atom is 0.257 e. The lowest BCUT2D eigenvalue weighted by atomic mass is 9.33. The zero-order chi connectivity index (χ0) is 59.2. The Kier molecular flexibility index (Phi) is 11.4. The Labute approximate surface area is 511 Å². The van der Waals surface area contributed by atoms with Crippen LogP contribution in [0.2, 0.25) is 0 Å². The summed E-state index contributed by atoms with van der Waals surface area (Å²) in [6.07, 6.45) is 0. The fourth-order valence-electron chi connectivity index (χ4n) is 14.1. The van der Waals surface area contributed by atoms with Gasteiger partial charge in [0, 0.05) is 83.8 Å². The summed E-state index contributed by atoms with van der Waals surface area (Å²) < 4.78 is 21.0. The molecule has 0 fully saturated rings. The molecular formula is C80H61BN4O3. The Hall–Kier alpha value is -10.7. The van der Waals surface area contributed by atoms with Gasteiger partial charge in [-0.25, -0.2) is 0 Å². The maximum atomic E-state index is 7.55. The molecule has 0 spiro atoms. The molecule has 3 aromatic heterocycles. The number of rotatable bonds is 8. The molecule has 0 bridgehead atoms. The van der Waals surface area contributed by atoms with Gasteiger partial charge in [-0.3, -0.25) is 0 Å². The van der Waals surface area contributed by atoms with E-state index in [1.165, 1.54) is 16.6 Å². The van der Waals surface area contributed by atoms with Crippen molar-refractivity contribution < 1.29 is 13.3 Å². The average Bonchev–Trinajstić information content (AvgIpc) is 1.03. The third-order valence-electron chi connectivity index (χ3n) is 18.3. The van der Waals surface area contributed by atoms with Crippen molar-refractivity contribution in [1.29, 1.82) is 0 Å². The SMILES string of the molecule is CC(C)(C)c1ccc(N2c3cc(N(c4ccc5oc6ccccc6c5c4)c4cccc5c4oc4ccccc45)ccc3B3c4c2cccc4N(c2ccc(C(C)(C)C)cc2)c2cc(N(c4ccccc4)c4ccccc4)c4c(oc5ccccc54)c23)cc1. The minimum atomic E-state index is -0.291. The van der Waals surface area contributed by atoms with Crippen LogP contribution < -0.4 is 36.0 Å². The van der Waals surface area contributed by atoms with E-state index in [1.807, 2.05) is 18.2 Å². The molecule has 0 atom stereocenters. The Morgan fingerprint density at radius 2 is 0.795 bits per heavy atom. The fraction of sp³-hybridized carbons (Fsp3) is 0.100. The highest BCUT2D eigenvalue weighted by Crippen LogP contribution is 2.52. The third kappa shape index (κ3) is 7.98. The first-order chi connectivity index (χ1) is 42.9. The highest BCUT2D eigenvalue weighted by atomic mass is 16.3. The Morgan fingerprint density at radius 3 is 1.42 bits per heavy atom. The van der Waals surface area contributed by atoms with Crippen LogP contribution in [0.1, 0.15) is 52.7 Å². The van der Waals surface area contributed by atoms with Crippen LogP contribution in [0.25, 0.3) is 65.8 Å². The predicted octanol–water partition coefficient (Wildman–Crippen LogP) is 21.0. The Balaban J connectivity index is 0.979. The topological polar surface area (TPSA) is 52.4 Å². The smallest absolute Gasteiger partial charge is 0.257 e. The van der Waals surface area contributed by atoms with Crippen LogP contribution in [0.5, 0.6) is 0 Å². The van der Waals surface area contributed by atoms with Crippen molar-refractivity contribution in [3.63, 3.8) is 0 Å². The standard InChI is InChI=1S/C80H61BN4O3/c1-79(2,3)50-35-39-54(40-36-50)84-64-29-20-30-65-75(64)81(63-45-43-57(48-67(63)84)83(56-44-46-73-62(47-56)59-26-14-16-32-70(59)86-73)66-31-19-28-60-58-25-13-17-33-71(58)87-77(60)66)76-69(85(65)55-41-37-51(38-42-55)80(4,5)6)49-68(74-61-27-15-18-34-72(61)88-78(74)76)82(52-21-9-7-10-22-52)53-23-11-8-12-24-53/h7-49H,1-6H3. The highest BCUT2D eigenvalue weighted by molar-refractivity contribution is 7.01. The lowest BCUT2D eigenvalue weighted by Gasteiger charge is -2.44. The molecular weight excluding hydrogens is 1080 g/mol. The monoisotopic (exact) mass is 1140 g/mol. The van der Waals surface area contributed by atoms with Crippen molar-refractivity contribution in [2.24, 2.45) is 0 Å². The molecule has 0 aliphatic carbocycles. The van der Waals surface area contributed by atoms with E-state index in [1.54, 1.807) is 0 Å². The van der Waals surface area contributed by atoms with Crippen molar-refractivity contribution in [3.05, 3.63) is 272 Å². The Bertz CT molecular complexity index is 5220. The van der Waals surface area contributed by atoms with Gasteiger partial charge in [-0.2, -0.15) is 0 Å². The van der Waals surface area contributed by atoms with Crippen molar-refractivity contribution in [3.8, 4) is 0 Å². The minimum absolute atomic E-state index is 0.0467. The highest BCUT2D eigenvalue weighted by Gasteiger charge is 2.46. The largest absolute Gasteiger partial charge is 0.456 e. The summed E-state index contributed by atoms with van der Waals surface area (Å²) in [6, 6.07) is 94.8. The summed E-state index contributed by atoms with van der Waals surface area (Å²) in [4.78, 5) is 9.80. The van der Waals surface area contributed by atoms with Crippen LogP contribution in [0, 0.1) is 0 Å². The van der Waals surface area contributed by atoms with Gasteiger partial charge in [-0.05, 0) is 160 Å². The van der Waals surface area contributed by atoms with Gasteiger partial charge in [-0.15, -0.1) is 0 Å². The van der Waals surface area contributed by atoms with Gasteiger partial charge in [0.2, 0.25) is 0 Å². The Morgan fingerprint density at radius 1 is 0.318 bits per heavy atom. The predicted molar refractivity (Wildman–Crippen MR) is 369 cm³/mol. The second-order valence-corrected chi connectivity index (χ2v) is 25.7. The number of benzene rings is 12. The van der Waals surface area contributed by atoms with Crippen LogP contribution in [0.4, 0.5) is 68.2 Å². The van der Waals surface area contributed by atoms with E-state index < -0.39 is 0 Å². The van der Waals surface area contributed by atoms with Crippen LogP contribution in [0.3, 0.4) is 0 Å². The van der Waals surface area contributed by atoms with E-state index in [9.17, 15) is 0 Å². The van der Waals surface area contributed by atoms with E-state index in [0.29, 0.717) is 0 Å². The van der Waals surface area contributed by atoms with Crippen molar-refractivity contribution in [2.75, 3.05) is 19.6 Å². The summed E-state index contributed by atoms with van der Waals surface area (Å²) in [5.74, 6) is 0. The average molecular weight is 1140 g/mol. The van der Waals surface area contributed by atoms with Gasteiger partial charge in [0.05, 0.1) is 16.8 Å². The molecule has 422 valence electrons. The third-order valence-corrected chi connectivity index (χ3v) is 18.3. The van der Waals surface area contributed by atoms with E-state index in [-0.39, 0.29) is 17.5 Å². The van der Waals surface area contributed by atoms with E-state index in [0.717, 1.165) is 145 Å². The van der Waals surface area contributed by atoms with E-state index in [2.05, 4.69) is 304 Å². The molecule has 2 aliphatic rings. The van der Waals surface area contributed by atoms with E-state index in [4.69, 9.17) is 13.3 Å². The number of furan rings is 3. The molecule has 15 aromatic rings. The molecule has 0 saturated carbocycles. The number of fused-ring (bicyclic) bond motifs is 14. The van der Waals surface area contributed by atoms with Gasteiger partial charge in [0.15, 0.2) is 5.58 Å². The minimum Gasteiger partial charge on any atom is -0.456 e. The normalized spacial score (nSPS) is 13.0. The molecule has 5 heterocycles. The van der Waals surface area contributed by atoms with Gasteiger partial charge in [0.1, 0.15) is 27.9 Å². The molecule has 7 nitrogen and oxygen atoms in total. The van der Waals surface area contributed by atoms with Crippen molar-refractivity contribution >= 4 is 157 Å². The molecule has 12 aromatic carbocycles. The van der Waals surface area contributed by atoms with Gasteiger partial charge in [-0.1, -0.05) is 181 Å². The molecule has 17 rings (SSSR count). The quantitative estimate of drug-likeness (QED) is 0.141. The number of hydrogen-bond acceptors (Lipinski definition) is 7. The second-order valence-electron chi connectivity index (χ2n) is 25.7. The molecule has 2 aliphatic heterocycles. The summed E-state index contributed by atoms with van der Waals surface area (Å²) >= 11 is 0. The number of anilines is 12. The van der Waals surface area contributed by atoms with Crippen molar-refractivity contribution in [2.45, 2.75) is 52.4 Å². The van der Waals surface area contributed by atoms with Crippen molar-refractivity contribution in [1.82, 2.24) is 0 Å². The van der Waals surface area contributed by atoms with Crippen LogP contribution >= 0.6 is 0 Å². The number of para-hydroxylation sites is 6. The molecule has 0 radical (unpaired) electrons. The van der Waals surface area contributed by atoms with Gasteiger partial charge >= 0.3 is 0 Å². The first-order valence-electron chi connectivity index (χ1n) is 30.5. The van der Waals surface area contributed by atoms with Crippen LogP contribution in [-0.2, 0) is 10.8 Å². The molecule has 88 heavy (non-hydrogen) atoms. The maximum absolute atomic E-state index is 7.55. The zero-order valence-electron chi connectivity index (χ0n) is 49.9. The molecule has 0 N–H and O–H groups in total. The lowest BCUT2D eigenvalue weighted by molar-refractivity contribution is 0.590. The zero-order valence-corrected chi connectivity index (χ0v) is 49.9.